The van der Waals surface area contributed by atoms with Crippen LogP contribution in [0.2, 0.25) is 15.1 Å². The molecule has 2 aromatic rings. The Bertz CT molecular complexity index is 792. The third kappa shape index (κ3) is 5.94. The van der Waals surface area contributed by atoms with E-state index in [2.05, 4.69) is 16.0 Å². The van der Waals surface area contributed by atoms with Crippen LogP contribution in [-0.2, 0) is 9.63 Å². The average molecular weight is 401 g/mol. The zero-order valence-electron chi connectivity index (χ0n) is 12.6. The van der Waals surface area contributed by atoms with Crippen molar-refractivity contribution in [1.82, 2.24) is 10.9 Å². The molecule has 0 atom stereocenters. The van der Waals surface area contributed by atoms with Gasteiger partial charge in [0.25, 0.3) is 11.8 Å². The van der Waals surface area contributed by atoms with Crippen molar-refractivity contribution >= 4 is 52.8 Å². The van der Waals surface area contributed by atoms with Crippen LogP contribution < -0.4 is 10.9 Å². The summed E-state index contributed by atoms with van der Waals surface area (Å²) in [5.41, 5.74) is 5.20. The van der Waals surface area contributed by atoms with Crippen molar-refractivity contribution in [3.8, 4) is 0 Å². The van der Waals surface area contributed by atoms with Crippen molar-refractivity contribution in [3.63, 3.8) is 0 Å². The number of amides is 2. The lowest BCUT2D eigenvalue weighted by molar-refractivity contribution is -0.126. The quantitative estimate of drug-likeness (QED) is 0.596. The Morgan fingerprint density at radius 2 is 1.72 bits per heavy atom. The van der Waals surface area contributed by atoms with Gasteiger partial charge in [-0.15, -0.1) is 0 Å². The van der Waals surface area contributed by atoms with Gasteiger partial charge < -0.3 is 4.84 Å². The monoisotopic (exact) mass is 399 g/mol. The van der Waals surface area contributed by atoms with Gasteiger partial charge in [0.15, 0.2) is 6.61 Å². The number of hydrazine groups is 1. The van der Waals surface area contributed by atoms with Crippen LogP contribution in [0.3, 0.4) is 0 Å². The van der Waals surface area contributed by atoms with Crippen molar-refractivity contribution in [1.29, 1.82) is 0 Å². The van der Waals surface area contributed by atoms with E-state index in [1.54, 1.807) is 36.4 Å². The Kier molecular flexibility index (Phi) is 7.06. The summed E-state index contributed by atoms with van der Waals surface area (Å²) in [5.74, 6) is -1.11. The normalized spacial score (nSPS) is 10.5. The summed E-state index contributed by atoms with van der Waals surface area (Å²) in [4.78, 5) is 28.2. The zero-order valence-corrected chi connectivity index (χ0v) is 14.9. The van der Waals surface area contributed by atoms with Gasteiger partial charge in [-0.05, 0) is 30.3 Å². The SMILES string of the molecule is O=C(CO/N=C\c1c(Cl)cccc1Cl)NNC(=O)c1cccc(Cl)c1. The van der Waals surface area contributed by atoms with E-state index in [4.69, 9.17) is 39.6 Å². The van der Waals surface area contributed by atoms with Crippen LogP contribution in [-0.4, -0.2) is 24.6 Å². The minimum absolute atomic E-state index is 0.306. The number of rotatable bonds is 5. The van der Waals surface area contributed by atoms with Gasteiger partial charge in [0, 0.05) is 16.1 Å². The molecule has 2 aromatic carbocycles. The van der Waals surface area contributed by atoms with Crippen molar-refractivity contribution in [2.45, 2.75) is 0 Å². The number of halogens is 3. The summed E-state index contributed by atoms with van der Waals surface area (Å²) in [6.45, 7) is -0.408. The summed E-state index contributed by atoms with van der Waals surface area (Å²) in [5, 5.41) is 4.83. The fraction of sp³-hybridized carbons (Fsp3) is 0.0625. The minimum atomic E-state index is -0.599. The van der Waals surface area contributed by atoms with Gasteiger partial charge in [0.05, 0.1) is 16.3 Å². The standard InChI is InChI=1S/C16H12Cl3N3O3/c17-11-4-1-3-10(7-11)16(24)22-21-15(23)9-25-20-8-12-13(18)5-2-6-14(12)19/h1-8H,9H2,(H,21,23)(H,22,24)/b20-8-. The number of hydrogen-bond acceptors (Lipinski definition) is 4. The Hall–Kier alpha value is -2.28. The van der Waals surface area contributed by atoms with E-state index in [9.17, 15) is 9.59 Å². The second kappa shape index (κ2) is 9.27. The lowest BCUT2D eigenvalue weighted by atomic mass is 10.2. The molecule has 2 N–H and O–H groups in total. The molecule has 0 saturated heterocycles. The van der Waals surface area contributed by atoms with Gasteiger partial charge in [-0.1, -0.05) is 52.1 Å². The Balaban J connectivity index is 1.77. The number of carbonyl (C=O) groups excluding carboxylic acids is 2. The fourth-order valence-electron chi connectivity index (χ4n) is 1.68. The zero-order chi connectivity index (χ0) is 18.2. The maximum Gasteiger partial charge on any atom is 0.279 e. The molecular formula is C16H12Cl3N3O3. The Morgan fingerprint density at radius 1 is 1.04 bits per heavy atom. The number of oxime groups is 1. The van der Waals surface area contributed by atoms with Crippen LogP contribution in [0.4, 0.5) is 0 Å². The smallest absolute Gasteiger partial charge is 0.279 e. The first-order valence-corrected chi connectivity index (χ1v) is 8.05. The highest BCUT2D eigenvalue weighted by molar-refractivity contribution is 6.38. The summed E-state index contributed by atoms with van der Waals surface area (Å²) in [7, 11) is 0. The number of hydrogen-bond donors (Lipinski definition) is 2. The third-order valence-corrected chi connectivity index (χ3v) is 3.75. The van der Waals surface area contributed by atoms with E-state index in [0.717, 1.165) is 0 Å². The van der Waals surface area contributed by atoms with Crippen molar-refractivity contribution in [2.75, 3.05) is 6.61 Å². The molecule has 0 fully saturated rings. The molecule has 0 unspecified atom stereocenters. The molecule has 130 valence electrons. The molecule has 0 aromatic heterocycles. The molecule has 0 spiro atoms. The first kappa shape index (κ1) is 19.1. The topological polar surface area (TPSA) is 79.8 Å². The van der Waals surface area contributed by atoms with Crippen molar-refractivity contribution in [2.24, 2.45) is 5.16 Å². The molecule has 0 saturated carbocycles. The highest BCUT2D eigenvalue weighted by Crippen LogP contribution is 2.22. The van der Waals surface area contributed by atoms with Crippen molar-refractivity contribution in [3.05, 3.63) is 68.7 Å². The molecular weight excluding hydrogens is 389 g/mol. The van der Waals surface area contributed by atoms with Gasteiger partial charge in [-0.25, -0.2) is 0 Å². The third-order valence-electron chi connectivity index (χ3n) is 2.85. The Labute approximate surface area is 158 Å². The van der Waals surface area contributed by atoms with Gasteiger partial charge in [-0.2, -0.15) is 0 Å². The number of carbonyl (C=O) groups is 2. The summed E-state index contributed by atoms with van der Waals surface area (Å²) in [6.07, 6.45) is 1.29. The minimum Gasteiger partial charge on any atom is -0.386 e. The molecule has 25 heavy (non-hydrogen) atoms. The molecule has 0 aliphatic heterocycles. The molecule has 0 aliphatic carbocycles. The number of nitrogens with zero attached hydrogens (tertiary/aromatic N) is 1. The predicted molar refractivity (Wildman–Crippen MR) is 97.1 cm³/mol. The van der Waals surface area contributed by atoms with Crippen LogP contribution in [0.15, 0.2) is 47.6 Å². The van der Waals surface area contributed by atoms with Gasteiger partial charge in [0.1, 0.15) is 0 Å². The Morgan fingerprint density at radius 3 is 2.40 bits per heavy atom. The number of nitrogens with one attached hydrogen (secondary N) is 2. The maximum absolute atomic E-state index is 11.8. The number of benzene rings is 2. The van der Waals surface area contributed by atoms with Crippen LogP contribution in [0.25, 0.3) is 0 Å². The lowest BCUT2D eigenvalue weighted by Crippen LogP contribution is -2.43. The molecule has 6 nitrogen and oxygen atoms in total. The predicted octanol–water partition coefficient (Wildman–Crippen LogP) is 3.46. The van der Waals surface area contributed by atoms with E-state index in [0.29, 0.717) is 26.2 Å². The molecule has 0 bridgehead atoms. The summed E-state index contributed by atoms with van der Waals surface area (Å²) in [6, 6.07) is 11.3. The molecule has 9 heteroatoms. The van der Waals surface area contributed by atoms with E-state index < -0.39 is 18.4 Å². The summed E-state index contributed by atoms with van der Waals surface area (Å²) < 4.78 is 0. The second-order valence-electron chi connectivity index (χ2n) is 4.66. The lowest BCUT2D eigenvalue weighted by Gasteiger charge is -2.07. The van der Waals surface area contributed by atoms with Gasteiger partial charge in [0.2, 0.25) is 0 Å². The average Bonchev–Trinajstić information content (AvgIpc) is 2.58. The molecule has 2 amide bonds. The van der Waals surface area contributed by atoms with Crippen LogP contribution >= 0.6 is 34.8 Å². The molecule has 0 radical (unpaired) electrons. The second-order valence-corrected chi connectivity index (χ2v) is 5.91. The largest absolute Gasteiger partial charge is 0.386 e. The highest BCUT2D eigenvalue weighted by atomic mass is 35.5. The van der Waals surface area contributed by atoms with Crippen LogP contribution in [0.5, 0.6) is 0 Å². The van der Waals surface area contributed by atoms with E-state index in [1.165, 1.54) is 12.3 Å². The van der Waals surface area contributed by atoms with Crippen LogP contribution in [0, 0.1) is 0 Å². The summed E-state index contributed by atoms with van der Waals surface area (Å²) >= 11 is 17.7. The van der Waals surface area contributed by atoms with Crippen LogP contribution in [0.1, 0.15) is 15.9 Å². The highest BCUT2D eigenvalue weighted by Gasteiger charge is 2.08. The van der Waals surface area contributed by atoms with E-state index >= 15 is 0 Å². The maximum atomic E-state index is 11.8. The fourth-order valence-corrected chi connectivity index (χ4v) is 2.37. The first-order valence-electron chi connectivity index (χ1n) is 6.91. The van der Waals surface area contributed by atoms with Gasteiger partial charge in [-0.3, -0.25) is 20.4 Å². The van der Waals surface area contributed by atoms with Gasteiger partial charge >= 0.3 is 0 Å². The molecule has 2 rings (SSSR count). The molecule has 0 aliphatic rings. The molecule has 0 heterocycles. The van der Waals surface area contributed by atoms with Crippen molar-refractivity contribution < 1.29 is 14.4 Å². The van der Waals surface area contributed by atoms with E-state index in [1.807, 2.05) is 0 Å². The van der Waals surface area contributed by atoms with E-state index in [-0.39, 0.29) is 0 Å². The first-order chi connectivity index (χ1) is 12.0.